The summed E-state index contributed by atoms with van der Waals surface area (Å²) in [5.74, 6) is -0.318. The third kappa shape index (κ3) is 5.21. The van der Waals surface area contributed by atoms with Crippen LogP contribution in [0.2, 0.25) is 0 Å². The fraction of sp³-hybridized carbons (Fsp3) is 0.217. The third-order valence-electron chi connectivity index (χ3n) is 4.54. The summed E-state index contributed by atoms with van der Waals surface area (Å²) in [5.41, 5.74) is 6.28. The van der Waals surface area contributed by atoms with Crippen molar-refractivity contribution in [2.45, 2.75) is 26.2 Å². The van der Waals surface area contributed by atoms with Crippen molar-refractivity contribution in [3.8, 4) is 5.75 Å². The molecule has 0 saturated heterocycles. The van der Waals surface area contributed by atoms with E-state index in [0.29, 0.717) is 11.3 Å². The lowest BCUT2D eigenvalue weighted by atomic mass is 9.86. The molecule has 0 fully saturated rings. The number of amides is 2. The smallest absolute Gasteiger partial charge is 0.276 e. The van der Waals surface area contributed by atoms with Gasteiger partial charge in [0.25, 0.3) is 11.8 Å². The van der Waals surface area contributed by atoms with E-state index in [1.54, 1.807) is 18.2 Å². The van der Waals surface area contributed by atoms with Gasteiger partial charge in [-0.15, -0.1) is 0 Å². The molecule has 0 aliphatic heterocycles. The van der Waals surface area contributed by atoms with Gasteiger partial charge in [-0.1, -0.05) is 73.1 Å². The highest BCUT2D eigenvalue weighted by atomic mass is 79.9. The monoisotopic (exact) mass is 532 g/mol. The highest BCUT2D eigenvalue weighted by Gasteiger charge is 2.18. The summed E-state index contributed by atoms with van der Waals surface area (Å²) < 4.78 is 7.22. The van der Waals surface area contributed by atoms with Gasteiger partial charge in [-0.25, -0.2) is 0 Å². The maximum absolute atomic E-state index is 12.3. The number of carbonyl (C=O) groups is 2. The second kappa shape index (κ2) is 9.18. The van der Waals surface area contributed by atoms with E-state index in [4.69, 9.17) is 4.74 Å². The zero-order chi connectivity index (χ0) is 21.9. The fourth-order valence-corrected chi connectivity index (χ4v) is 4.55. The quantitative estimate of drug-likeness (QED) is 0.435. The lowest BCUT2D eigenvalue weighted by molar-refractivity contribution is -0.123. The maximum atomic E-state index is 12.3. The molecule has 5 nitrogen and oxygen atoms in total. The molecule has 0 aliphatic carbocycles. The molecule has 0 aliphatic rings. The van der Waals surface area contributed by atoms with Gasteiger partial charge in [0, 0.05) is 10.0 Å². The van der Waals surface area contributed by atoms with Crippen molar-refractivity contribution in [1.82, 2.24) is 10.9 Å². The van der Waals surface area contributed by atoms with Crippen LogP contribution in [0.25, 0.3) is 10.8 Å². The molecule has 2 N–H and O–H groups in total. The Balaban J connectivity index is 1.57. The Morgan fingerprint density at radius 1 is 0.967 bits per heavy atom. The number of fused-ring (bicyclic) bond motifs is 1. The third-order valence-corrected chi connectivity index (χ3v) is 6.02. The molecule has 0 saturated carbocycles. The molecule has 0 heterocycles. The van der Waals surface area contributed by atoms with E-state index in [0.717, 1.165) is 25.3 Å². The average Bonchev–Trinajstić information content (AvgIpc) is 2.70. The Morgan fingerprint density at radius 2 is 1.70 bits per heavy atom. The highest BCUT2D eigenvalue weighted by Crippen LogP contribution is 2.33. The first kappa shape index (κ1) is 22.3. The van der Waals surface area contributed by atoms with Crippen LogP contribution in [0.5, 0.6) is 5.75 Å². The Kier molecular flexibility index (Phi) is 6.83. The second-order valence-electron chi connectivity index (χ2n) is 7.83. The van der Waals surface area contributed by atoms with Gasteiger partial charge in [-0.2, -0.15) is 0 Å². The second-order valence-corrected chi connectivity index (χ2v) is 9.48. The van der Waals surface area contributed by atoms with Gasteiger partial charge in [0.2, 0.25) is 0 Å². The van der Waals surface area contributed by atoms with Crippen molar-refractivity contribution >= 4 is 54.4 Å². The lowest BCUT2D eigenvalue weighted by Crippen LogP contribution is -2.43. The van der Waals surface area contributed by atoms with E-state index in [9.17, 15) is 9.59 Å². The standard InChI is InChI=1S/C23H22Br2N2O3/c1-23(2,3)17-10-8-15(12-18(17)24)22(29)27-26-20(28)13-30-19-11-9-14-6-4-5-7-16(14)21(19)25/h4-12H,13H2,1-3H3,(H,26,28)(H,27,29). The number of benzene rings is 3. The van der Waals surface area contributed by atoms with Gasteiger partial charge >= 0.3 is 0 Å². The number of rotatable bonds is 4. The SMILES string of the molecule is CC(C)(C)c1ccc(C(=O)NNC(=O)COc2ccc3ccccc3c2Br)cc1Br. The maximum Gasteiger partial charge on any atom is 0.276 e. The van der Waals surface area contributed by atoms with Crippen LogP contribution < -0.4 is 15.6 Å². The van der Waals surface area contributed by atoms with Crippen LogP contribution in [-0.2, 0) is 10.2 Å². The summed E-state index contributed by atoms with van der Waals surface area (Å²) in [7, 11) is 0. The number of nitrogens with one attached hydrogen (secondary N) is 2. The molecule has 0 aromatic heterocycles. The van der Waals surface area contributed by atoms with Crippen molar-refractivity contribution in [1.29, 1.82) is 0 Å². The molecule has 156 valence electrons. The normalized spacial score (nSPS) is 11.2. The minimum absolute atomic E-state index is 0.0452. The van der Waals surface area contributed by atoms with Crippen LogP contribution in [-0.4, -0.2) is 18.4 Å². The summed E-state index contributed by atoms with van der Waals surface area (Å²) in [5, 5.41) is 2.06. The average molecular weight is 534 g/mol. The molecular formula is C23H22Br2N2O3. The molecule has 0 bridgehead atoms. The van der Waals surface area contributed by atoms with Gasteiger partial charge in [0.1, 0.15) is 5.75 Å². The van der Waals surface area contributed by atoms with Crippen molar-refractivity contribution < 1.29 is 14.3 Å². The van der Waals surface area contributed by atoms with Gasteiger partial charge in [0.15, 0.2) is 6.61 Å². The van der Waals surface area contributed by atoms with Crippen molar-refractivity contribution in [2.75, 3.05) is 6.61 Å². The first-order valence-corrected chi connectivity index (χ1v) is 10.9. The van der Waals surface area contributed by atoms with Crippen LogP contribution in [0.3, 0.4) is 0 Å². The fourth-order valence-electron chi connectivity index (χ4n) is 2.97. The Hall–Kier alpha value is -2.38. The summed E-state index contributed by atoms with van der Waals surface area (Å²) >= 11 is 7.03. The minimum atomic E-state index is -0.464. The van der Waals surface area contributed by atoms with E-state index in [1.807, 2.05) is 36.4 Å². The molecule has 2 amide bonds. The van der Waals surface area contributed by atoms with E-state index in [2.05, 4.69) is 63.5 Å². The number of hydrogen-bond acceptors (Lipinski definition) is 3. The Labute approximate surface area is 192 Å². The highest BCUT2D eigenvalue weighted by molar-refractivity contribution is 9.11. The van der Waals surface area contributed by atoms with E-state index < -0.39 is 11.8 Å². The van der Waals surface area contributed by atoms with Crippen LogP contribution in [0, 0.1) is 0 Å². The molecule has 0 atom stereocenters. The van der Waals surface area contributed by atoms with Crippen LogP contribution >= 0.6 is 31.9 Å². The van der Waals surface area contributed by atoms with Gasteiger partial charge in [0.05, 0.1) is 4.47 Å². The number of hydrogen-bond donors (Lipinski definition) is 2. The zero-order valence-electron chi connectivity index (χ0n) is 16.9. The van der Waals surface area contributed by atoms with Crippen LogP contribution in [0.1, 0.15) is 36.7 Å². The Bertz CT molecular complexity index is 1110. The molecule has 3 aromatic carbocycles. The van der Waals surface area contributed by atoms with E-state index in [1.165, 1.54) is 0 Å². The van der Waals surface area contributed by atoms with Gasteiger partial charge in [-0.05, 0) is 55.9 Å². The summed E-state index contributed by atoms with van der Waals surface area (Å²) in [6.45, 7) is 6.06. The molecule has 30 heavy (non-hydrogen) atoms. The van der Waals surface area contributed by atoms with Gasteiger partial charge < -0.3 is 4.74 Å². The molecule has 3 aromatic rings. The number of carbonyl (C=O) groups excluding carboxylic acids is 2. The number of hydrazine groups is 1. The van der Waals surface area contributed by atoms with Crippen molar-refractivity contribution in [2.24, 2.45) is 0 Å². The first-order chi connectivity index (χ1) is 14.2. The molecule has 3 rings (SSSR count). The van der Waals surface area contributed by atoms with Crippen LogP contribution in [0.4, 0.5) is 0 Å². The molecular weight excluding hydrogens is 512 g/mol. The molecule has 7 heteroatoms. The number of ether oxygens (including phenoxy) is 1. The van der Waals surface area contributed by atoms with Crippen LogP contribution in [0.15, 0.2) is 63.5 Å². The number of halogens is 2. The summed E-state index contributed by atoms with van der Waals surface area (Å²) in [6.07, 6.45) is 0. The molecule has 0 radical (unpaired) electrons. The van der Waals surface area contributed by atoms with Crippen molar-refractivity contribution in [3.63, 3.8) is 0 Å². The lowest BCUT2D eigenvalue weighted by Gasteiger charge is -2.21. The molecule has 0 unspecified atom stereocenters. The first-order valence-electron chi connectivity index (χ1n) is 9.36. The summed E-state index contributed by atoms with van der Waals surface area (Å²) in [6, 6.07) is 17.0. The van der Waals surface area contributed by atoms with E-state index in [-0.39, 0.29) is 12.0 Å². The predicted octanol–water partition coefficient (Wildman–Crippen LogP) is 5.50. The predicted molar refractivity (Wildman–Crippen MR) is 126 cm³/mol. The minimum Gasteiger partial charge on any atom is -0.483 e. The largest absolute Gasteiger partial charge is 0.483 e. The topological polar surface area (TPSA) is 67.4 Å². The van der Waals surface area contributed by atoms with Gasteiger partial charge in [-0.3, -0.25) is 20.4 Å². The zero-order valence-corrected chi connectivity index (χ0v) is 20.1. The summed E-state index contributed by atoms with van der Waals surface area (Å²) in [4.78, 5) is 24.4. The molecule has 0 spiro atoms. The van der Waals surface area contributed by atoms with Crippen molar-refractivity contribution in [3.05, 3.63) is 74.7 Å². The Morgan fingerprint density at radius 3 is 2.40 bits per heavy atom. The van der Waals surface area contributed by atoms with E-state index >= 15 is 0 Å².